The molecule has 1 aliphatic carbocycles. The van der Waals surface area contributed by atoms with Crippen LogP contribution in [0.5, 0.6) is 0 Å². The Hall–Kier alpha value is -3.52. The Morgan fingerprint density at radius 1 is 0.980 bits per heavy atom. The number of primary amides is 1. The lowest BCUT2D eigenvalue weighted by Gasteiger charge is -2.38. The number of Topliss-reactive ketones (excluding diaryl/α,β-unsaturated/α-hetero) is 1. The summed E-state index contributed by atoms with van der Waals surface area (Å²) in [6, 6.07) is 3.80. The average Bonchev–Trinajstić information content (AvgIpc) is 3.49. The molecule has 50 heavy (non-hydrogen) atoms. The number of ketones is 1. The third-order valence-electron chi connectivity index (χ3n) is 10.5. The maximum Gasteiger partial charge on any atom is 0.315 e. The van der Waals surface area contributed by atoms with E-state index in [2.05, 4.69) is 16.0 Å². The Morgan fingerprint density at radius 3 is 2.10 bits per heavy atom. The summed E-state index contributed by atoms with van der Waals surface area (Å²) >= 11 is 0. The molecule has 5 N–H and O–H groups in total. The van der Waals surface area contributed by atoms with Crippen LogP contribution in [0.2, 0.25) is 0 Å². The molecule has 6 atom stereocenters. The number of benzene rings is 1. The first kappa shape index (κ1) is 40.9. The second kappa shape index (κ2) is 17.1. The lowest BCUT2D eigenvalue weighted by atomic mass is 9.80. The maximum absolute atomic E-state index is 14.4. The second-order valence-corrected chi connectivity index (χ2v) is 17.5. The zero-order chi connectivity index (χ0) is 37.6. The molecular formula is C36H58N6O7S. The van der Waals surface area contributed by atoms with E-state index < -0.39 is 69.1 Å². The number of likely N-dealkylation sites (tertiary alicyclic amines) is 1. The SMILES string of the molecule is CC[C@H](C)[C@@H](CN(C)S(=O)(=O)c1ccccc1)NC(=O)N[C@H](C(=O)N1CC[C@H](C(C)C)[C@H]1C(=O)NC(CC1CCC1)C(=O)C(N)=O)C(C)(C)C. The largest absolute Gasteiger partial charge is 0.363 e. The predicted octanol–water partition coefficient (Wildman–Crippen LogP) is 3.04. The Bertz CT molecular complexity index is 1480. The lowest BCUT2D eigenvalue weighted by molar-refractivity contribution is -0.144. The van der Waals surface area contributed by atoms with Crippen molar-refractivity contribution in [2.45, 2.75) is 116 Å². The van der Waals surface area contributed by atoms with E-state index >= 15 is 0 Å². The molecule has 1 aromatic carbocycles. The third kappa shape index (κ3) is 10.0. The van der Waals surface area contributed by atoms with Crippen molar-refractivity contribution in [3.8, 4) is 0 Å². The molecule has 0 radical (unpaired) electrons. The van der Waals surface area contributed by atoms with Gasteiger partial charge in [-0.3, -0.25) is 19.2 Å². The van der Waals surface area contributed by atoms with Crippen molar-refractivity contribution >= 4 is 39.6 Å². The smallest absolute Gasteiger partial charge is 0.315 e. The minimum Gasteiger partial charge on any atom is -0.363 e. The predicted molar refractivity (Wildman–Crippen MR) is 191 cm³/mol. The molecule has 1 aromatic rings. The number of hydrogen-bond acceptors (Lipinski definition) is 7. The number of nitrogens with zero attached hydrogens (tertiary/aromatic N) is 2. The highest BCUT2D eigenvalue weighted by Crippen LogP contribution is 2.34. The lowest BCUT2D eigenvalue weighted by Crippen LogP contribution is -2.62. The van der Waals surface area contributed by atoms with Crippen molar-refractivity contribution < 1.29 is 32.4 Å². The first-order chi connectivity index (χ1) is 23.3. The van der Waals surface area contributed by atoms with E-state index in [0.717, 1.165) is 19.3 Å². The van der Waals surface area contributed by atoms with Gasteiger partial charge in [-0.2, -0.15) is 4.31 Å². The molecule has 3 rings (SSSR count). The summed E-state index contributed by atoms with van der Waals surface area (Å²) in [6.07, 6.45) is 4.34. The van der Waals surface area contributed by atoms with Crippen LogP contribution in [0.4, 0.5) is 4.79 Å². The van der Waals surface area contributed by atoms with E-state index in [-0.39, 0.29) is 41.7 Å². The fourth-order valence-corrected chi connectivity index (χ4v) is 7.99. The van der Waals surface area contributed by atoms with Crippen LogP contribution in [0.3, 0.4) is 0 Å². The molecule has 0 bridgehead atoms. The molecule has 14 heteroatoms. The van der Waals surface area contributed by atoms with Crippen molar-refractivity contribution in [3.63, 3.8) is 0 Å². The molecule has 280 valence electrons. The fraction of sp³-hybridized carbons (Fsp3) is 0.694. The number of urea groups is 1. The van der Waals surface area contributed by atoms with Crippen LogP contribution in [0.15, 0.2) is 35.2 Å². The van der Waals surface area contributed by atoms with Crippen molar-refractivity contribution in [3.05, 3.63) is 30.3 Å². The molecule has 0 spiro atoms. The first-order valence-electron chi connectivity index (χ1n) is 17.8. The van der Waals surface area contributed by atoms with Gasteiger partial charge in [0.25, 0.3) is 5.91 Å². The third-order valence-corrected chi connectivity index (χ3v) is 12.3. The first-order valence-corrected chi connectivity index (χ1v) is 19.3. The van der Waals surface area contributed by atoms with Crippen LogP contribution in [0, 0.1) is 29.1 Å². The highest BCUT2D eigenvalue weighted by molar-refractivity contribution is 7.89. The average molecular weight is 719 g/mol. The van der Waals surface area contributed by atoms with Crippen molar-refractivity contribution in [1.82, 2.24) is 25.2 Å². The van der Waals surface area contributed by atoms with Gasteiger partial charge >= 0.3 is 6.03 Å². The van der Waals surface area contributed by atoms with Gasteiger partial charge in [-0.25, -0.2) is 13.2 Å². The van der Waals surface area contributed by atoms with Gasteiger partial charge in [0.05, 0.1) is 10.9 Å². The number of nitrogens with two attached hydrogens (primary N) is 1. The summed E-state index contributed by atoms with van der Waals surface area (Å²) in [5.41, 5.74) is 4.56. The summed E-state index contributed by atoms with van der Waals surface area (Å²) < 4.78 is 27.7. The second-order valence-electron chi connectivity index (χ2n) is 15.5. The molecule has 2 aliphatic rings. The summed E-state index contributed by atoms with van der Waals surface area (Å²) in [5.74, 6) is -3.04. The quantitative estimate of drug-likeness (QED) is 0.189. The van der Waals surface area contributed by atoms with Crippen LogP contribution >= 0.6 is 0 Å². The van der Waals surface area contributed by atoms with E-state index in [0.29, 0.717) is 19.3 Å². The van der Waals surface area contributed by atoms with E-state index in [1.54, 1.807) is 18.2 Å². The molecule has 1 unspecified atom stereocenters. The highest BCUT2D eigenvalue weighted by Gasteiger charge is 2.48. The number of carbonyl (C=O) groups excluding carboxylic acids is 5. The highest BCUT2D eigenvalue weighted by atomic mass is 32.2. The Labute approximate surface area is 297 Å². The maximum atomic E-state index is 14.4. The van der Waals surface area contributed by atoms with Crippen molar-refractivity contribution in [2.24, 2.45) is 34.8 Å². The zero-order valence-electron chi connectivity index (χ0n) is 30.9. The zero-order valence-corrected chi connectivity index (χ0v) is 31.7. The number of rotatable bonds is 16. The van der Waals surface area contributed by atoms with E-state index in [1.165, 1.54) is 28.4 Å². The van der Waals surface area contributed by atoms with Gasteiger partial charge in [-0.15, -0.1) is 0 Å². The number of sulfonamides is 1. The monoisotopic (exact) mass is 718 g/mol. The van der Waals surface area contributed by atoms with Crippen molar-refractivity contribution in [1.29, 1.82) is 0 Å². The fourth-order valence-electron chi connectivity index (χ4n) is 6.78. The van der Waals surface area contributed by atoms with Crippen LogP contribution in [0.1, 0.15) is 87.0 Å². The molecule has 1 heterocycles. The van der Waals surface area contributed by atoms with Crippen LogP contribution in [0.25, 0.3) is 0 Å². The van der Waals surface area contributed by atoms with Crippen molar-refractivity contribution in [2.75, 3.05) is 20.1 Å². The molecular weight excluding hydrogens is 660 g/mol. The molecule has 5 amide bonds. The van der Waals surface area contributed by atoms with E-state index in [9.17, 15) is 32.4 Å². The van der Waals surface area contributed by atoms with Gasteiger partial charge in [0.1, 0.15) is 12.1 Å². The molecule has 1 saturated heterocycles. The number of amides is 5. The van der Waals surface area contributed by atoms with Gasteiger partial charge in [-0.05, 0) is 54.1 Å². The van der Waals surface area contributed by atoms with Gasteiger partial charge < -0.3 is 26.6 Å². The number of likely N-dealkylation sites (N-methyl/N-ethyl adjacent to an activating group) is 1. The molecule has 0 aromatic heterocycles. The Balaban J connectivity index is 1.82. The van der Waals surface area contributed by atoms with Crippen LogP contribution < -0.4 is 21.7 Å². The van der Waals surface area contributed by atoms with Gasteiger partial charge in [0, 0.05) is 26.2 Å². The van der Waals surface area contributed by atoms with Gasteiger partial charge in [0.15, 0.2) is 0 Å². The minimum atomic E-state index is -3.82. The van der Waals surface area contributed by atoms with Gasteiger partial charge in [0.2, 0.25) is 27.6 Å². The van der Waals surface area contributed by atoms with E-state index in [1.807, 2.05) is 48.5 Å². The number of carbonyl (C=O) groups is 5. The standard InChI is InChI=1S/C36H58N6O7S/c1-9-23(4)28(21-41(8)50(48,49)25-16-11-10-12-17-25)39-35(47)40-31(36(5,6)7)34(46)42-19-18-26(22(2)3)29(42)33(45)38-27(30(43)32(37)44)20-24-14-13-15-24/h10-12,16-17,22-24,26-29,31H,9,13-15,18-21H2,1-8H3,(H2,37,44)(H,38,45)(H2,39,40,47)/t23-,26+,27?,28+,29-,31+/m0/s1. The van der Waals surface area contributed by atoms with Crippen LogP contribution in [-0.2, 0) is 29.2 Å². The minimum absolute atomic E-state index is 0.00424. The Morgan fingerprint density at radius 2 is 1.60 bits per heavy atom. The summed E-state index contributed by atoms with van der Waals surface area (Å²) in [7, 11) is -2.35. The van der Waals surface area contributed by atoms with Crippen LogP contribution in [-0.4, -0.2) is 91.5 Å². The summed E-state index contributed by atoms with van der Waals surface area (Å²) in [6.45, 7) is 13.5. The molecule has 1 aliphatic heterocycles. The normalized spacial score (nSPS) is 20.8. The number of hydrogen-bond donors (Lipinski definition) is 4. The molecule has 2 fully saturated rings. The van der Waals surface area contributed by atoms with E-state index in [4.69, 9.17) is 5.73 Å². The number of nitrogens with one attached hydrogen (secondary N) is 3. The van der Waals surface area contributed by atoms with Gasteiger partial charge in [-0.1, -0.05) is 92.3 Å². The molecule has 1 saturated carbocycles. The molecule has 13 nitrogen and oxygen atoms in total. The Kier molecular flexibility index (Phi) is 14.0. The topological polar surface area (TPSA) is 188 Å². The summed E-state index contributed by atoms with van der Waals surface area (Å²) in [5, 5.41) is 8.55. The summed E-state index contributed by atoms with van der Waals surface area (Å²) in [4.78, 5) is 68.2.